The van der Waals surface area contributed by atoms with Gasteiger partial charge in [-0.2, -0.15) is 5.10 Å². The summed E-state index contributed by atoms with van der Waals surface area (Å²) in [5, 5.41) is 16.3. The lowest BCUT2D eigenvalue weighted by molar-refractivity contribution is 0.171. The molecule has 2 N–H and O–H groups in total. The maximum atomic E-state index is 11.8. The van der Waals surface area contributed by atoms with E-state index in [-0.39, 0.29) is 17.6 Å². The van der Waals surface area contributed by atoms with Gasteiger partial charge in [-0.3, -0.25) is 4.79 Å². The molecular formula is C11H18BrN3O2. The van der Waals surface area contributed by atoms with Gasteiger partial charge in [0.05, 0.1) is 11.9 Å². The first-order valence-electron chi connectivity index (χ1n) is 5.51. The van der Waals surface area contributed by atoms with Crippen LogP contribution in [-0.4, -0.2) is 28.0 Å². The van der Waals surface area contributed by atoms with Crippen LogP contribution in [0.3, 0.4) is 0 Å². The van der Waals surface area contributed by atoms with Crippen molar-refractivity contribution in [1.82, 2.24) is 9.78 Å². The molecule has 0 radical (unpaired) electrons. The van der Waals surface area contributed by atoms with Gasteiger partial charge in [0.1, 0.15) is 4.47 Å². The van der Waals surface area contributed by atoms with E-state index >= 15 is 0 Å². The van der Waals surface area contributed by atoms with Crippen LogP contribution in [-0.2, 0) is 6.54 Å². The normalized spacial score (nSPS) is 11.6. The van der Waals surface area contributed by atoms with Gasteiger partial charge in [0.2, 0.25) is 0 Å². The Hall–Kier alpha value is -0.880. The molecule has 17 heavy (non-hydrogen) atoms. The second kappa shape index (κ2) is 5.64. The van der Waals surface area contributed by atoms with Crippen LogP contribution in [0.5, 0.6) is 0 Å². The Balaban J connectivity index is 2.87. The van der Waals surface area contributed by atoms with Crippen LogP contribution in [0, 0.1) is 5.41 Å². The lowest BCUT2D eigenvalue weighted by Gasteiger charge is -2.22. The van der Waals surface area contributed by atoms with Gasteiger partial charge in [0, 0.05) is 25.1 Å². The van der Waals surface area contributed by atoms with Gasteiger partial charge in [-0.1, -0.05) is 13.8 Å². The molecule has 1 aromatic heterocycles. The number of nitrogens with one attached hydrogen (secondary N) is 1. The molecular weight excluding hydrogens is 286 g/mol. The molecule has 1 heterocycles. The number of anilines is 1. The molecule has 0 aliphatic heterocycles. The minimum absolute atomic E-state index is 0.0804. The van der Waals surface area contributed by atoms with Gasteiger partial charge in [-0.15, -0.1) is 0 Å². The fourth-order valence-corrected chi connectivity index (χ4v) is 1.65. The summed E-state index contributed by atoms with van der Waals surface area (Å²) in [6.07, 6.45) is 1.61. The average molecular weight is 304 g/mol. The first-order chi connectivity index (χ1) is 7.91. The average Bonchev–Trinajstić information content (AvgIpc) is 2.31. The summed E-state index contributed by atoms with van der Waals surface area (Å²) >= 11 is 3.26. The number of aryl methyl sites for hydroxylation is 1. The molecule has 1 rings (SSSR count). The van der Waals surface area contributed by atoms with E-state index in [9.17, 15) is 4.79 Å². The summed E-state index contributed by atoms with van der Waals surface area (Å²) in [6.45, 7) is 6.93. The maximum Gasteiger partial charge on any atom is 0.283 e. The van der Waals surface area contributed by atoms with E-state index in [0.29, 0.717) is 23.2 Å². The molecule has 0 fully saturated rings. The van der Waals surface area contributed by atoms with Crippen molar-refractivity contribution in [3.8, 4) is 0 Å². The van der Waals surface area contributed by atoms with E-state index in [1.165, 1.54) is 4.68 Å². The summed E-state index contributed by atoms with van der Waals surface area (Å²) in [7, 11) is 0. The monoisotopic (exact) mass is 303 g/mol. The van der Waals surface area contributed by atoms with Gasteiger partial charge in [0.15, 0.2) is 0 Å². The summed E-state index contributed by atoms with van der Waals surface area (Å²) in [6, 6.07) is 0. The first kappa shape index (κ1) is 14.2. The second-order valence-electron chi connectivity index (χ2n) is 4.67. The molecule has 0 aromatic carbocycles. The standard InChI is InChI=1S/C11H18BrN3O2/c1-4-15-10(17)9(12)8(5-14-15)13-6-11(2,3)7-16/h5,13,16H,4,6-7H2,1-3H3. The highest BCUT2D eigenvalue weighted by Crippen LogP contribution is 2.19. The van der Waals surface area contributed by atoms with E-state index in [2.05, 4.69) is 26.3 Å². The molecule has 0 spiro atoms. The maximum absolute atomic E-state index is 11.8. The molecule has 0 bridgehead atoms. The molecule has 1 aromatic rings. The summed E-state index contributed by atoms with van der Waals surface area (Å²) in [5.74, 6) is 0. The number of halogens is 1. The molecule has 0 saturated carbocycles. The molecule has 6 heteroatoms. The molecule has 0 aliphatic carbocycles. The van der Waals surface area contributed by atoms with E-state index < -0.39 is 0 Å². The number of nitrogens with zero attached hydrogens (tertiary/aromatic N) is 2. The zero-order valence-corrected chi connectivity index (χ0v) is 11.9. The van der Waals surface area contributed by atoms with Crippen LogP contribution in [0.4, 0.5) is 5.69 Å². The number of aliphatic hydroxyl groups excluding tert-OH is 1. The summed E-state index contributed by atoms with van der Waals surface area (Å²) in [4.78, 5) is 11.8. The van der Waals surface area contributed by atoms with Gasteiger partial charge in [0.25, 0.3) is 5.56 Å². The van der Waals surface area contributed by atoms with Crippen LogP contribution < -0.4 is 10.9 Å². The lowest BCUT2D eigenvalue weighted by atomic mass is 9.95. The Bertz CT molecular complexity index is 443. The van der Waals surface area contributed by atoms with Crippen molar-refractivity contribution in [1.29, 1.82) is 0 Å². The third-order valence-electron chi connectivity index (χ3n) is 2.47. The highest BCUT2D eigenvalue weighted by molar-refractivity contribution is 9.10. The van der Waals surface area contributed by atoms with Crippen molar-refractivity contribution in [2.45, 2.75) is 27.3 Å². The lowest BCUT2D eigenvalue weighted by Crippen LogP contribution is -2.29. The summed E-state index contributed by atoms with van der Waals surface area (Å²) in [5.41, 5.74) is 0.263. The van der Waals surface area contributed by atoms with Gasteiger partial charge < -0.3 is 10.4 Å². The Morgan fingerprint density at radius 3 is 2.76 bits per heavy atom. The fourth-order valence-electron chi connectivity index (χ4n) is 1.20. The molecule has 0 amide bonds. The Morgan fingerprint density at radius 1 is 1.59 bits per heavy atom. The van der Waals surface area contributed by atoms with Crippen LogP contribution in [0.2, 0.25) is 0 Å². The zero-order chi connectivity index (χ0) is 13.1. The highest BCUT2D eigenvalue weighted by Gasteiger charge is 2.17. The Kier molecular flexibility index (Phi) is 4.70. The number of aromatic nitrogens is 2. The third-order valence-corrected chi connectivity index (χ3v) is 3.24. The van der Waals surface area contributed by atoms with Gasteiger partial charge in [-0.05, 0) is 22.9 Å². The molecule has 96 valence electrons. The van der Waals surface area contributed by atoms with Crippen LogP contribution in [0.15, 0.2) is 15.5 Å². The molecule has 0 atom stereocenters. The van der Waals surface area contributed by atoms with Gasteiger partial charge >= 0.3 is 0 Å². The predicted molar refractivity (Wildman–Crippen MR) is 71.2 cm³/mol. The van der Waals surface area contributed by atoms with Crippen LogP contribution in [0.1, 0.15) is 20.8 Å². The SMILES string of the molecule is CCn1ncc(NCC(C)(C)CO)c(Br)c1=O. The quantitative estimate of drug-likeness (QED) is 0.864. The van der Waals surface area contributed by atoms with E-state index in [1.807, 2.05) is 20.8 Å². The van der Waals surface area contributed by atoms with Crippen molar-refractivity contribution in [3.63, 3.8) is 0 Å². The number of hydrogen-bond donors (Lipinski definition) is 2. The minimum atomic E-state index is -0.237. The summed E-state index contributed by atoms with van der Waals surface area (Å²) < 4.78 is 1.86. The predicted octanol–water partition coefficient (Wildman–Crippen LogP) is 1.46. The van der Waals surface area contributed by atoms with Crippen LogP contribution in [0.25, 0.3) is 0 Å². The fraction of sp³-hybridized carbons (Fsp3) is 0.636. The highest BCUT2D eigenvalue weighted by atomic mass is 79.9. The number of hydrogen-bond acceptors (Lipinski definition) is 4. The minimum Gasteiger partial charge on any atom is -0.396 e. The largest absolute Gasteiger partial charge is 0.396 e. The smallest absolute Gasteiger partial charge is 0.283 e. The zero-order valence-electron chi connectivity index (χ0n) is 10.3. The number of rotatable bonds is 5. The third kappa shape index (κ3) is 3.54. The molecule has 0 saturated heterocycles. The number of aliphatic hydroxyl groups is 1. The van der Waals surface area contributed by atoms with Crippen LogP contribution >= 0.6 is 15.9 Å². The molecule has 0 aliphatic rings. The first-order valence-corrected chi connectivity index (χ1v) is 6.31. The Morgan fingerprint density at radius 2 is 2.24 bits per heavy atom. The van der Waals surface area contributed by atoms with Crippen molar-refractivity contribution in [2.24, 2.45) is 5.41 Å². The van der Waals surface area contributed by atoms with Crippen molar-refractivity contribution in [3.05, 3.63) is 21.0 Å². The van der Waals surface area contributed by atoms with E-state index in [0.717, 1.165) is 0 Å². The van der Waals surface area contributed by atoms with Crippen molar-refractivity contribution in [2.75, 3.05) is 18.5 Å². The topological polar surface area (TPSA) is 67.2 Å². The second-order valence-corrected chi connectivity index (χ2v) is 5.46. The van der Waals surface area contributed by atoms with E-state index in [1.54, 1.807) is 6.20 Å². The van der Waals surface area contributed by atoms with Crippen molar-refractivity contribution < 1.29 is 5.11 Å². The molecule has 0 unspecified atom stereocenters. The Labute approximate surface area is 109 Å². The molecule has 5 nitrogen and oxygen atoms in total. The van der Waals surface area contributed by atoms with E-state index in [4.69, 9.17) is 5.11 Å². The van der Waals surface area contributed by atoms with Crippen molar-refractivity contribution >= 4 is 21.6 Å². The van der Waals surface area contributed by atoms with Gasteiger partial charge in [-0.25, -0.2) is 4.68 Å².